The van der Waals surface area contributed by atoms with Crippen LogP contribution in [-0.4, -0.2) is 5.91 Å². The zero-order chi connectivity index (χ0) is 13.8. The lowest BCUT2D eigenvalue weighted by Gasteiger charge is -2.08. The van der Waals surface area contributed by atoms with Gasteiger partial charge < -0.3 is 5.32 Å². The summed E-state index contributed by atoms with van der Waals surface area (Å²) in [6.45, 7) is 0. The molecule has 0 atom stereocenters. The molecule has 0 aromatic heterocycles. The van der Waals surface area contributed by atoms with Crippen LogP contribution in [-0.2, 0) is 11.2 Å². The first-order chi connectivity index (χ1) is 9.06. The summed E-state index contributed by atoms with van der Waals surface area (Å²) in [5.74, 6) is -0.712. The predicted octanol–water partition coefficient (Wildman–Crippen LogP) is 4.31. The van der Waals surface area contributed by atoms with Crippen molar-refractivity contribution >= 4 is 34.8 Å². The maximum absolute atomic E-state index is 12.9. The van der Waals surface area contributed by atoms with Crippen LogP contribution in [0.25, 0.3) is 0 Å². The molecular weight excluding hydrogens is 288 g/mol. The Hall–Kier alpha value is -1.58. The van der Waals surface area contributed by atoms with Crippen LogP contribution in [0.4, 0.5) is 10.1 Å². The van der Waals surface area contributed by atoms with Crippen molar-refractivity contribution in [3.05, 3.63) is 63.9 Å². The van der Waals surface area contributed by atoms with Gasteiger partial charge in [0.25, 0.3) is 0 Å². The minimum atomic E-state index is -0.450. The average Bonchev–Trinajstić information content (AvgIpc) is 2.36. The normalized spacial score (nSPS) is 10.3. The van der Waals surface area contributed by atoms with Crippen LogP contribution < -0.4 is 5.32 Å². The third kappa shape index (κ3) is 3.69. The van der Waals surface area contributed by atoms with Crippen molar-refractivity contribution in [3.8, 4) is 0 Å². The second kappa shape index (κ2) is 6.04. The lowest BCUT2D eigenvalue weighted by atomic mass is 10.1. The molecule has 98 valence electrons. The van der Waals surface area contributed by atoms with E-state index >= 15 is 0 Å². The number of amides is 1. The predicted molar refractivity (Wildman–Crippen MR) is 75.2 cm³/mol. The molecule has 2 nitrogen and oxygen atoms in total. The molecule has 0 spiro atoms. The number of rotatable bonds is 3. The Morgan fingerprint density at radius 1 is 1.11 bits per heavy atom. The summed E-state index contributed by atoms with van der Waals surface area (Å²) in [4.78, 5) is 11.8. The molecular formula is C14H10Cl2FNO. The first-order valence-electron chi connectivity index (χ1n) is 5.54. The maximum Gasteiger partial charge on any atom is 0.228 e. The van der Waals surface area contributed by atoms with Gasteiger partial charge in [0.05, 0.1) is 17.1 Å². The van der Waals surface area contributed by atoms with E-state index in [2.05, 4.69) is 5.32 Å². The first kappa shape index (κ1) is 13.8. The number of benzene rings is 2. The Balaban J connectivity index is 2.08. The summed E-state index contributed by atoms with van der Waals surface area (Å²) in [6, 6.07) is 10.9. The van der Waals surface area contributed by atoms with Crippen LogP contribution in [0.5, 0.6) is 0 Å². The Morgan fingerprint density at radius 2 is 1.84 bits per heavy atom. The Bertz CT molecular complexity index is 616. The monoisotopic (exact) mass is 297 g/mol. The highest BCUT2D eigenvalue weighted by molar-refractivity contribution is 6.33. The molecule has 19 heavy (non-hydrogen) atoms. The average molecular weight is 298 g/mol. The van der Waals surface area contributed by atoms with Crippen LogP contribution in [0.15, 0.2) is 42.5 Å². The van der Waals surface area contributed by atoms with Crippen molar-refractivity contribution in [3.63, 3.8) is 0 Å². The van der Waals surface area contributed by atoms with E-state index in [0.717, 1.165) is 11.6 Å². The summed E-state index contributed by atoms with van der Waals surface area (Å²) >= 11 is 11.8. The van der Waals surface area contributed by atoms with Crippen LogP contribution in [0.2, 0.25) is 10.0 Å². The van der Waals surface area contributed by atoms with E-state index < -0.39 is 5.82 Å². The number of anilines is 1. The lowest BCUT2D eigenvalue weighted by Crippen LogP contribution is -2.14. The molecule has 5 heteroatoms. The molecule has 2 aromatic rings. The summed E-state index contributed by atoms with van der Waals surface area (Å²) in [7, 11) is 0. The number of carbonyl (C=O) groups excluding carboxylic acids is 1. The number of carbonyl (C=O) groups is 1. The molecule has 0 saturated heterocycles. The molecule has 0 heterocycles. The van der Waals surface area contributed by atoms with Gasteiger partial charge in [-0.05, 0) is 29.8 Å². The number of nitrogens with one attached hydrogen (secondary N) is 1. The minimum absolute atomic E-state index is 0.132. The molecule has 2 aromatic carbocycles. The minimum Gasteiger partial charge on any atom is -0.324 e. The molecule has 0 saturated carbocycles. The molecule has 0 fully saturated rings. The van der Waals surface area contributed by atoms with E-state index in [4.69, 9.17) is 23.2 Å². The van der Waals surface area contributed by atoms with Gasteiger partial charge in [-0.1, -0.05) is 41.4 Å². The van der Waals surface area contributed by atoms with Gasteiger partial charge in [0.15, 0.2) is 0 Å². The van der Waals surface area contributed by atoms with E-state index in [1.165, 1.54) is 12.1 Å². The number of hydrogen-bond acceptors (Lipinski definition) is 1. The molecule has 0 unspecified atom stereocenters. The summed E-state index contributed by atoms with van der Waals surface area (Å²) < 4.78 is 12.9. The van der Waals surface area contributed by atoms with E-state index in [-0.39, 0.29) is 17.4 Å². The van der Waals surface area contributed by atoms with Gasteiger partial charge in [0, 0.05) is 5.02 Å². The van der Waals surface area contributed by atoms with Gasteiger partial charge >= 0.3 is 0 Å². The molecule has 2 rings (SSSR count). The molecule has 0 aliphatic rings. The molecule has 0 aliphatic carbocycles. The summed E-state index contributed by atoms with van der Waals surface area (Å²) in [6.07, 6.45) is 0.132. The topological polar surface area (TPSA) is 29.1 Å². The highest BCUT2D eigenvalue weighted by Gasteiger charge is 2.09. The van der Waals surface area contributed by atoms with Crippen LogP contribution in [0, 0.1) is 5.82 Å². The summed E-state index contributed by atoms with van der Waals surface area (Å²) in [5, 5.41) is 3.31. The van der Waals surface area contributed by atoms with E-state index in [1.54, 1.807) is 24.3 Å². The number of hydrogen-bond donors (Lipinski definition) is 1. The highest BCUT2D eigenvalue weighted by Crippen LogP contribution is 2.23. The second-order valence-electron chi connectivity index (χ2n) is 3.94. The molecule has 0 bridgehead atoms. The standard InChI is InChI=1S/C14H10Cl2FNO/c15-11-4-2-1-3-9(11)7-14(19)18-13-6-5-10(17)8-12(13)16/h1-6,8H,7H2,(H,18,19). The lowest BCUT2D eigenvalue weighted by molar-refractivity contribution is -0.115. The van der Waals surface area contributed by atoms with Crippen LogP contribution in [0.1, 0.15) is 5.56 Å². The smallest absolute Gasteiger partial charge is 0.228 e. The molecule has 1 N–H and O–H groups in total. The molecule has 1 amide bonds. The molecule has 0 radical (unpaired) electrons. The van der Waals surface area contributed by atoms with Gasteiger partial charge in [-0.25, -0.2) is 4.39 Å². The summed E-state index contributed by atoms with van der Waals surface area (Å²) in [5.41, 5.74) is 1.10. The Kier molecular flexibility index (Phi) is 4.40. The maximum atomic E-state index is 12.9. The first-order valence-corrected chi connectivity index (χ1v) is 6.30. The van der Waals surface area contributed by atoms with Crippen molar-refractivity contribution in [1.29, 1.82) is 0 Å². The Labute approximate surface area is 120 Å². The fraction of sp³-hybridized carbons (Fsp3) is 0.0714. The van der Waals surface area contributed by atoms with Crippen molar-refractivity contribution < 1.29 is 9.18 Å². The molecule has 0 aliphatic heterocycles. The van der Waals surface area contributed by atoms with Gasteiger partial charge in [-0.2, -0.15) is 0 Å². The van der Waals surface area contributed by atoms with Gasteiger partial charge in [-0.15, -0.1) is 0 Å². The van der Waals surface area contributed by atoms with Crippen LogP contribution in [0.3, 0.4) is 0 Å². The van der Waals surface area contributed by atoms with E-state index in [1.807, 2.05) is 0 Å². The SMILES string of the molecule is O=C(Cc1ccccc1Cl)Nc1ccc(F)cc1Cl. The van der Waals surface area contributed by atoms with Gasteiger partial charge in [0.1, 0.15) is 5.82 Å². The highest BCUT2D eigenvalue weighted by atomic mass is 35.5. The fourth-order valence-corrected chi connectivity index (χ4v) is 2.02. The number of halogens is 3. The third-order valence-corrected chi connectivity index (χ3v) is 3.20. The van der Waals surface area contributed by atoms with Crippen LogP contribution >= 0.6 is 23.2 Å². The quantitative estimate of drug-likeness (QED) is 0.898. The van der Waals surface area contributed by atoms with Crippen molar-refractivity contribution in [2.24, 2.45) is 0 Å². The zero-order valence-corrected chi connectivity index (χ0v) is 11.3. The fourth-order valence-electron chi connectivity index (χ4n) is 1.60. The van der Waals surface area contributed by atoms with Crippen molar-refractivity contribution in [1.82, 2.24) is 0 Å². The Morgan fingerprint density at radius 3 is 2.53 bits per heavy atom. The van der Waals surface area contributed by atoms with Crippen molar-refractivity contribution in [2.45, 2.75) is 6.42 Å². The van der Waals surface area contributed by atoms with E-state index in [0.29, 0.717) is 10.7 Å². The second-order valence-corrected chi connectivity index (χ2v) is 4.75. The van der Waals surface area contributed by atoms with Crippen molar-refractivity contribution in [2.75, 3.05) is 5.32 Å². The van der Waals surface area contributed by atoms with Gasteiger partial charge in [-0.3, -0.25) is 4.79 Å². The third-order valence-electron chi connectivity index (χ3n) is 2.51. The zero-order valence-electron chi connectivity index (χ0n) is 9.79. The largest absolute Gasteiger partial charge is 0.324 e. The van der Waals surface area contributed by atoms with Gasteiger partial charge in [0.2, 0.25) is 5.91 Å². The van der Waals surface area contributed by atoms with E-state index in [9.17, 15) is 9.18 Å².